The summed E-state index contributed by atoms with van der Waals surface area (Å²) in [4.78, 5) is 38.1. The highest BCUT2D eigenvalue weighted by Crippen LogP contribution is 2.17. The second-order valence-corrected chi connectivity index (χ2v) is 19.2. The minimum absolute atomic E-state index is 0.0654. The Hall–Kier alpha value is -1.85. The van der Waals surface area contributed by atoms with Gasteiger partial charge in [0.05, 0.1) is 0 Å². The van der Waals surface area contributed by atoms with Gasteiger partial charge >= 0.3 is 17.9 Å². The van der Waals surface area contributed by atoms with Crippen molar-refractivity contribution < 1.29 is 28.6 Å². The van der Waals surface area contributed by atoms with E-state index in [0.717, 1.165) is 57.8 Å². The lowest BCUT2D eigenvalue weighted by Gasteiger charge is -2.18. The van der Waals surface area contributed by atoms with Gasteiger partial charge in [0.15, 0.2) is 6.10 Å². The molecule has 372 valence electrons. The highest BCUT2D eigenvalue weighted by atomic mass is 16.6. The number of carbonyl (C=O) groups is 3. The summed E-state index contributed by atoms with van der Waals surface area (Å²) in [7, 11) is 0. The maximum absolute atomic E-state index is 12.8. The van der Waals surface area contributed by atoms with E-state index in [9.17, 15) is 14.4 Å². The maximum Gasteiger partial charge on any atom is 0.306 e. The summed E-state index contributed by atoms with van der Waals surface area (Å²) in [6.07, 6.45) is 59.1. The molecule has 0 N–H and O–H groups in total. The first kappa shape index (κ1) is 61.1. The van der Waals surface area contributed by atoms with Crippen LogP contribution >= 0.6 is 0 Å². The third-order valence-electron chi connectivity index (χ3n) is 12.8. The Balaban J connectivity index is 4.31. The minimum Gasteiger partial charge on any atom is -0.462 e. The molecule has 0 bridgehead atoms. The molecule has 0 saturated heterocycles. The van der Waals surface area contributed by atoms with E-state index in [1.807, 2.05) is 0 Å². The molecule has 6 nitrogen and oxygen atoms in total. The number of ether oxygens (including phenoxy) is 3. The summed E-state index contributed by atoms with van der Waals surface area (Å²) in [5, 5.41) is 0. The Morgan fingerprint density at radius 1 is 0.302 bits per heavy atom. The summed E-state index contributed by atoms with van der Waals surface area (Å²) >= 11 is 0. The monoisotopic (exact) mass is 889 g/mol. The number of hydrogen-bond donors (Lipinski definition) is 0. The quantitative estimate of drug-likeness (QED) is 0.0262. The van der Waals surface area contributed by atoms with Gasteiger partial charge in [-0.15, -0.1) is 0 Å². The van der Waals surface area contributed by atoms with Crippen molar-refractivity contribution in [3.63, 3.8) is 0 Å². The molecule has 0 aliphatic rings. The molecular formula is C57H108O6. The SMILES string of the molecule is CCCCCCCCC=CCCCCCCCCCC(=O)OCC(COC(=O)CCCCCCCCCCCCCCC)OC(=O)CCCCCCCCCCCCCCCCC. The third kappa shape index (κ3) is 51.0. The van der Waals surface area contributed by atoms with Crippen molar-refractivity contribution in [2.75, 3.05) is 13.2 Å². The summed E-state index contributed by atoms with van der Waals surface area (Å²) in [6, 6.07) is 0. The molecule has 63 heavy (non-hydrogen) atoms. The van der Waals surface area contributed by atoms with Gasteiger partial charge in [-0.2, -0.15) is 0 Å². The lowest BCUT2D eigenvalue weighted by molar-refractivity contribution is -0.167. The first-order valence-electron chi connectivity index (χ1n) is 28.2. The predicted molar refractivity (Wildman–Crippen MR) is 270 cm³/mol. The molecule has 1 atom stereocenters. The summed E-state index contributed by atoms with van der Waals surface area (Å²) < 4.78 is 16.9. The van der Waals surface area contributed by atoms with Gasteiger partial charge in [0.2, 0.25) is 0 Å². The van der Waals surface area contributed by atoms with Crippen LogP contribution in [0.25, 0.3) is 0 Å². The Morgan fingerprint density at radius 3 is 0.794 bits per heavy atom. The van der Waals surface area contributed by atoms with E-state index in [4.69, 9.17) is 14.2 Å². The van der Waals surface area contributed by atoms with E-state index in [-0.39, 0.29) is 31.1 Å². The molecule has 0 spiro atoms. The van der Waals surface area contributed by atoms with Gasteiger partial charge in [0.25, 0.3) is 0 Å². The Morgan fingerprint density at radius 2 is 0.524 bits per heavy atom. The van der Waals surface area contributed by atoms with E-state index in [0.29, 0.717) is 19.3 Å². The molecular weight excluding hydrogens is 781 g/mol. The molecule has 0 saturated carbocycles. The average Bonchev–Trinajstić information content (AvgIpc) is 3.28. The third-order valence-corrected chi connectivity index (χ3v) is 12.8. The highest BCUT2D eigenvalue weighted by Gasteiger charge is 2.19. The Kier molecular flexibility index (Phi) is 51.2. The van der Waals surface area contributed by atoms with Gasteiger partial charge in [-0.05, 0) is 44.9 Å². The van der Waals surface area contributed by atoms with Gasteiger partial charge in [-0.3, -0.25) is 14.4 Å². The van der Waals surface area contributed by atoms with E-state index in [1.165, 1.54) is 218 Å². The molecule has 0 heterocycles. The van der Waals surface area contributed by atoms with Crippen molar-refractivity contribution in [2.24, 2.45) is 0 Å². The second-order valence-electron chi connectivity index (χ2n) is 19.2. The maximum atomic E-state index is 12.8. The highest BCUT2D eigenvalue weighted by molar-refractivity contribution is 5.71. The van der Waals surface area contributed by atoms with Crippen molar-refractivity contribution in [3.05, 3.63) is 12.2 Å². The molecule has 0 aliphatic carbocycles. The number of hydrogen-bond acceptors (Lipinski definition) is 6. The number of unbranched alkanes of at least 4 members (excludes halogenated alkanes) is 39. The molecule has 0 rings (SSSR count). The van der Waals surface area contributed by atoms with Crippen LogP contribution in [0.2, 0.25) is 0 Å². The molecule has 0 radical (unpaired) electrons. The number of allylic oxidation sites excluding steroid dienone is 2. The summed E-state index contributed by atoms with van der Waals surface area (Å²) in [5.74, 6) is -0.847. The molecule has 0 aromatic carbocycles. The van der Waals surface area contributed by atoms with Crippen LogP contribution in [0, 0.1) is 0 Å². The van der Waals surface area contributed by atoms with Crippen LogP contribution in [0.5, 0.6) is 0 Å². The molecule has 0 amide bonds. The number of esters is 3. The zero-order valence-electron chi connectivity index (χ0n) is 42.6. The standard InChI is InChI=1S/C57H108O6/c1-4-7-10-13-16-19-22-25-27-28-30-32-35-38-41-44-47-50-56(59)62-53-54(52-61-55(58)49-46-43-40-37-34-31-24-21-18-15-12-9-6-3)63-57(60)51-48-45-42-39-36-33-29-26-23-20-17-14-11-8-5-2/h25,27,54H,4-24,26,28-53H2,1-3H3. The van der Waals surface area contributed by atoms with Crippen LogP contribution in [-0.4, -0.2) is 37.2 Å². The lowest BCUT2D eigenvalue weighted by Crippen LogP contribution is -2.30. The van der Waals surface area contributed by atoms with Crippen LogP contribution in [0.1, 0.15) is 316 Å². The van der Waals surface area contributed by atoms with Gasteiger partial charge in [-0.1, -0.05) is 264 Å². The fraction of sp³-hybridized carbons (Fsp3) is 0.912. The van der Waals surface area contributed by atoms with Crippen LogP contribution in [0.3, 0.4) is 0 Å². The molecule has 1 unspecified atom stereocenters. The Labute approximate surface area is 392 Å². The summed E-state index contributed by atoms with van der Waals surface area (Å²) in [5.41, 5.74) is 0. The van der Waals surface area contributed by atoms with Gasteiger partial charge in [0, 0.05) is 19.3 Å². The van der Waals surface area contributed by atoms with Crippen LogP contribution in [0.4, 0.5) is 0 Å². The van der Waals surface area contributed by atoms with Crippen molar-refractivity contribution in [2.45, 2.75) is 322 Å². The first-order valence-corrected chi connectivity index (χ1v) is 28.2. The number of rotatable bonds is 52. The van der Waals surface area contributed by atoms with E-state index < -0.39 is 6.10 Å². The topological polar surface area (TPSA) is 78.9 Å². The zero-order chi connectivity index (χ0) is 45.8. The Bertz CT molecular complexity index is 978. The first-order chi connectivity index (χ1) is 31.0. The average molecular weight is 889 g/mol. The lowest BCUT2D eigenvalue weighted by atomic mass is 10.0. The molecule has 0 aromatic rings. The van der Waals surface area contributed by atoms with E-state index in [2.05, 4.69) is 32.9 Å². The van der Waals surface area contributed by atoms with Crippen molar-refractivity contribution >= 4 is 17.9 Å². The molecule has 0 fully saturated rings. The van der Waals surface area contributed by atoms with E-state index >= 15 is 0 Å². The van der Waals surface area contributed by atoms with Crippen molar-refractivity contribution in [1.82, 2.24) is 0 Å². The van der Waals surface area contributed by atoms with E-state index in [1.54, 1.807) is 0 Å². The zero-order valence-corrected chi connectivity index (χ0v) is 42.6. The smallest absolute Gasteiger partial charge is 0.306 e. The van der Waals surface area contributed by atoms with Gasteiger partial charge in [0.1, 0.15) is 13.2 Å². The van der Waals surface area contributed by atoms with Crippen LogP contribution in [0.15, 0.2) is 12.2 Å². The van der Waals surface area contributed by atoms with Gasteiger partial charge in [-0.25, -0.2) is 0 Å². The van der Waals surface area contributed by atoms with Crippen LogP contribution < -0.4 is 0 Å². The predicted octanol–water partition coefficient (Wildman–Crippen LogP) is 18.5. The van der Waals surface area contributed by atoms with Crippen molar-refractivity contribution in [3.8, 4) is 0 Å². The van der Waals surface area contributed by atoms with Crippen molar-refractivity contribution in [1.29, 1.82) is 0 Å². The fourth-order valence-corrected chi connectivity index (χ4v) is 8.50. The number of carbonyl (C=O) groups excluding carboxylic acids is 3. The summed E-state index contributed by atoms with van der Waals surface area (Å²) in [6.45, 7) is 6.68. The largest absolute Gasteiger partial charge is 0.462 e. The van der Waals surface area contributed by atoms with Crippen LogP contribution in [-0.2, 0) is 28.6 Å². The normalized spacial score (nSPS) is 12.0. The second kappa shape index (κ2) is 52.8. The minimum atomic E-state index is -0.765. The van der Waals surface area contributed by atoms with Gasteiger partial charge < -0.3 is 14.2 Å². The molecule has 0 aromatic heterocycles. The molecule has 0 aliphatic heterocycles. The fourth-order valence-electron chi connectivity index (χ4n) is 8.50. The molecule has 6 heteroatoms.